The topological polar surface area (TPSA) is 97.0 Å². The molecule has 7 heteroatoms. The van der Waals surface area contributed by atoms with Gasteiger partial charge in [-0.05, 0) is 53.6 Å². The van der Waals surface area contributed by atoms with Gasteiger partial charge < -0.3 is 10.2 Å². The first-order valence-electron chi connectivity index (χ1n) is 6.73. The second-order valence-electron chi connectivity index (χ2n) is 4.86. The van der Waals surface area contributed by atoms with Crippen LogP contribution in [0.1, 0.15) is 28.8 Å². The van der Waals surface area contributed by atoms with E-state index in [1.807, 2.05) is 6.07 Å². The van der Waals surface area contributed by atoms with Gasteiger partial charge in [0.15, 0.2) is 0 Å². The van der Waals surface area contributed by atoms with E-state index in [-0.39, 0.29) is 23.6 Å². The Kier molecular flexibility index (Phi) is 5.34. The summed E-state index contributed by atoms with van der Waals surface area (Å²) in [5, 5.41) is 20.5. The first-order valence-corrected chi connectivity index (χ1v) is 7.81. The van der Waals surface area contributed by atoms with Crippen molar-refractivity contribution in [1.29, 1.82) is 10.5 Å². The summed E-state index contributed by atoms with van der Waals surface area (Å²) in [6, 6.07) is 8.56. The van der Waals surface area contributed by atoms with E-state index in [9.17, 15) is 9.59 Å². The molecule has 0 aliphatic carbocycles. The molecule has 2 amide bonds. The Labute approximate surface area is 141 Å². The fourth-order valence-electron chi connectivity index (χ4n) is 2.35. The first kappa shape index (κ1) is 16.2. The fourth-order valence-corrected chi connectivity index (χ4v) is 2.85. The summed E-state index contributed by atoms with van der Waals surface area (Å²) < 4.78 is 0.831. The van der Waals surface area contributed by atoms with E-state index >= 15 is 0 Å². The van der Waals surface area contributed by atoms with Gasteiger partial charge in [-0.2, -0.15) is 10.5 Å². The quantitative estimate of drug-likeness (QED) is 0.765. The first-order chi connectivity index (χ1) is 10.6. The number of hydrogen-bond donors (Lipinski definition) is 1. The van der Waals surface area contributed by atoms with Gasteiger partial charge in [0, 0.05) is 10.1 Å². The molecule has 1 aromatic rings. The van der Waals surface area contributed by atoms with Crippen LogP contribution in [0, 0.1) is 26.2 Å². The molecule has 2 rings (SSSR count). The second-order valence-corrected chi connectivity index (χ2v) is 6.10. The zero-order valence-electron chi connectivity index (χ0n) is 11.7. The molecule has 6 nitrogen and oxygen atoms in total. The van der Waals surface area contributed by atoms with Gasteiger partial charge in [0.05, 0.1) is 29.8 Å². The summed E-state index contributed by atoms with van der Waals surface area (Å²) in [6.45, 7) is 0.368. The van der Waals surface area contributed by atoms with Gasteiger partial charge >= 0.3 is 0 Å². The number of nitriles is 2. The smallest absolute Gasteiger partial charge is 0.253 e. The minimum atomic E-state index is -0.462. The van der Waals surface area contributed by atoms with Crippen molar-refractivity contribution >= 4 is 34.4 Å². The average molecular weight is 408 g/mol. The molecule has 1 saturated heterocycles. The van der Waals surface area contributed by atoms with Gasteiger partial charge in [-0.25, -0.2) is 0 Å². The van der Waals surface area contributed by atoms with Gasteiger partial charge in [-0.15, -0.1) is 0 Å². The minimum Gasteiger partial charge on any atom is -0.343 e. The van der Waals surface area contributed by atoms with Crippen LogP contribution < -0.4 is 5.32 Å². The summed E-state index contributed by atoms with van der Waals surface area (Å²) in [6.07, 6.45) is 1.47. The molecule has 1 aliphatic heterocycles. The van der Waals surface area contributed by atoms with Crippen molar-refractivity contribution in [3.8, 4) is 12.1 Å². The molecule has 1 N–H and O–H groups in total. The second kappa shape index (κ2) is 7.23. The third kappa shape index (κ3) is 3.55. The highest BCUT2D eigenvalue weighted by Gasteiger charge is 2.28. The van der Waals surface area contributed by atoms with Crippen LogP contribution >= 0.6 is 22.6 Å². The number of carbonyl (C=O) groups excluding carboxylic acids is 2. The predicted octanol–water partition coefficient (Wildman–Crippen LogP) is 1.41. The molecule has 1 atom stereocenters. The third-order valence-corrected chi connectivity index (χ3v) is 4.14. The highest BCUT2D eigenvalue weighted by Crippen LogP contribution is 2.16. The molecule has 0 aromatic heterocycles. The molecule has 1 fully saturated rings. The van der Waals surface area contributed by atoms with Crippen molar-refractivity contribution in [2.24, 2.45) is 0 Å². The Morgan fingerprint density at radius 2 is 2.18 bits per heavy atom. The Morgan fingerprint density at radius 1 is 1.41 bits per heavy atom. The van der Waals surface area contributed by atoms with Gasteiger partial charge in [0.25, 0.3) is 5.91 Å². The number of hydrogen-bond acceptors (Lipinski definition) is 4. The van der Waals surface area contributed by atoms with Crippen molar-refractivity contribution in [2.75, 3.05) is 13.1 Å². The van der Waals surface area contributed by atoms with Crippen LogP contribution in [0.25, 0.3) is 0 Å². The largest absolute Gasteiger partial charge is 0.343 e. The van der Waals surface area contributed by atoms with E-state index in [1.165, 1.54) is 4.90 Å². The number of benzene rings is 1. The standard InChI is InChI=1S/C15H13IN4O2/c16-11-4-3-10(7-17)13(6-11)15(22)19-9-14(21)20-5-1-2-12(20)8-18/h3-4,6,12H,1-2,5,9H2,(H,19,22)/t12-/m0/s1. The van der Waals surface area contributed by atoms with Crippen molar-refractivity contribution in [3.05, 3.63) is 32.9 Å². The molecule has 0 spiro atoms. The predicted molar refractivity (Wildman–Crippen MR) is 86.6 cm³/mol. The minimum absolute atomic E-state index is 0.173. The van der Waals surface area contributed by atoms with Crippen LogP contribution in [0.2, 0.25) is 0 Å². The number of carbonyl (C=O) groups is 2. The van der Waals surface area contributed by atoms with Gasteiger partial charge in [-0.3, -0.25) is 9.59 Å². The Bertz CT molecular complexity index is 690. The Morgan fingerprint density at radius 3 is 2.86 bits per heavy atom. The highest BCUT2D eigenvalue weighted by atomic mass is 127. The lowest BCUT2D eigenvalue weighted by Gasteiger charge is -2.19. The fraction of sp³-hybridized carbons (Fsp3) is 0.333. The van der Waals surface area contributed by atoms with E-state index in [0.717, 1.165) is 9.99 Å². The van der Waals surface area contributed by atoms with Gasteiger partial charge in [0.2, 0.25) is 5.91 Å². The van der Waals surface area contributed by atoms with Crippen LogP contribution in [0.5, 0.6) is 0 Å². The van der Waals surface area contributed by atoms with Crippen molar-refractivity contribution in [2.45, 2.75) is 18.9 Å². The summed E-state index contributed by atoms with van der Waals surface area (Å²) in [7, 11) is 0. The number of nitrogens with zero attached hydrogens (tertiary/aromatic N) is 3. The molecule has 0 radical (unpaired) electrons. The number of nitrogens with one attached hydrogen (secondary N) is 1. The van der Waals surface area contributed by atoms with E-state index < -0.39 is 11.9 Å². The summed E-state index contributed by atoms with van der Waals surface area (Å²) in [5.41, 5.74) is 0.516. The molecule has 1 aliphatic rings. The number of rotatable bonds is 3. The van der Waals surface area contributed by atoms with Gasteiger partial charge in [0.1, 0.15) is 6.04 Å². The normalized spacial score (nSPS) is 16.7. The highest BCUT2D eigenvalue weighted by molar-refractivity contribution is 14.1. The van der Waals surface area contributed by atoms with Crippen molar-refractivity contribution in [1.82, 2.24) is 10.2 Å². The molecule has 0 bridgehead atoms. The number of likely N-dealkylation sites (tertiary alicyclic amines) is 1. The zero-order chi connectivity index (χ0) is 16.1. The van der Waals surface area contributed by atoms with Crippen LogP contribution in [-0.4, -0.2) is 35.8 Å². The molecule has 1 aromatic carbocycles. The maximum atomic E-state index is 12.1. The van der Waals surface area contributed by atoms with E-state index in [2.05, 4.69) is 34.0 Å². The maximum Gasteiger partial charge on any atom is 0.253 e. The number of amides is 2. The van der Waals surface area contributed by atoms with Crippen molar-refractivity contribution < 1.29 is 9.59 Å². The van der Waals surface area contributed by atoms with Crippen LogP contribution in [0.3, 0.4) is 0 Å². The Hall–Kier alpha value is -2.13. The van der Waals surface area contributed by atoms with Crippen LogP contribution in [-0.2, 0) is 4.79 Å². The third-order valence-electron chi connectivity index (χ3n) is 3.47. The Balaban J connectivity index is 2.02. The molecular weight excluding hydrogens is 395 g/mol. The molecule has 112 valence electrons. The van der Waals surface area contributed by atoms with Crippen LogP contribution in [0.15, 0.2) is 18.2 Å². The molecular formula is C15H13IN4O2. The van der Waals surface area contributed by atoms with Gasteiger partial charge in [-0.1, -0.05) is 0 Å². The molecule has 1 heterocycles. The maximum absolute atomic E-state index is 12.1. The lowest BCUT2D eigenvalue weighted by atomic mass is 10.1. The molecule has 0 unspecified atom stereocenters. The van der Waals surface area contributed by atoms with Crippen molar-refractivity contribution in [3.63, 3.8) is 0 Å². The lowest BCUT2D eigenvalue weighted by Crippen LogP contribution is -2.42. The monoisotopic (exact) mass is 408 g/mol. The van der Waals surface area contributed by atoms with E-state index in [4.69, 9.17) is 10.5 Å². The summed E-state index contributed by atoms with van der Waals surface area (Å²) in [4.78, 5) is 25.7. The zero-order valence-corrected chi connectivity index (χ0v) is 13.8. The SMILES string of the molecule is N#Cc1ccc(I)cc1C(=O)NCC(=O)N1CCC[C@H]1C#N. The number of halogens is 1. The average Bonchev–Trinajstić information content (AvgIpc) is 3.00. The molecule has 0 saturated carbocycles. The van der Waals surface area contributed by atoms with E-state index in [0.29, 0.717) is 13.0 Å². The summed E-state index contributed by atoms with van der Waals surface area (Å²) >= 11 is 2.05. The summed E-state index contributed by atoms with van der Waals surface area (Å²) in [5.74, 6) is -0.738. The molecule has 22 heavy (non-hydrogen) atoms. The lowest BCUT2D eigenvalue weighted by molar-refractivity contribution is -0.130. The van der Waals surface area contributed by atoms with Crippen LogP contribution in [0.4, 0.5) is 0 Å². The van der Waals surface area contributed by atoms with E-state index in [1.54, 1.807) is 18.2 Å².